The number of nitrogens with zero attached hydrogens (tertiary/aromatic N) is 1. The molecule has 0 unspecified atom stereocenters. The molecule has 2 aromatic rings. The van der Waals surface area contributed by atoms with E-state index in [1.807, 2.05) is 13.8 Å². The van der Waals surface area contributed by atoms with Crippen LogP contribution in [0.1, 0.15) is 43.5 Å². The molecule has 6 nitrogen and oxygen atoms in total. The van der Waals surface area contributed by atoms with E-state index in [9.17, 15) is 16.8 Å². The highest BCUT2D eigenvalue weighted by atomic mass is 32.2. The van der Waals surface area contributed by atoms with Gasteiger partial charge in [0.1, 0.15) is 0 Å². The van der Waals surface area contributed by atoms with Gasteiger partial charge in [-0.1, -0.05) is 32.0 Å². The maximum absolute atomic E-state index is 12.7. The van der Waals surface area contributed by atoms with Crippen LogP contribution < -0.4 is 4.72 Å². The van der Waals surface area contributed by atoms with Crippen LogP contribution in [0.25, 0.3) is 0 Å². The Hall–Kier alpha value is -1.74. The molecule has 2 aromatic carbocycles. The third kappa shape index (κ3) is 4.81. The summed E-state index contributed by atoms with van der Waals surface area (Å²) in [5, 5.41) is 0. The van der Waals surface area contributed by atoms with E-state index >= 15 is 0 Å². The van der Waals surface area contributed by atoms with Crippen molar-refractivity contribution >= 4 is 20.0 Å². The SMILES string of the molecule is CCN(CC)S(=O)(=O)c1ccc([C@H](C)NS(=O)(=O)c2ccc(C)c(C)c2)cc1. The average molecular weight is 425 g/mol. The second-order valence-corrected chi connectivity index (χ2v) is 10.4. The van der Waals surface area contributed by atoms with E-state index < -0.39 is 26.1 Å². The molecule has 0 spiro atoms. The molecule has 154 valence electrons. The highest BCUT2D eigenvalue weighted by Crippen LogP contribution is 2.22. The maximum Gasteiger partial charge on any atom is 0.243 e. The highest BCUT2D eigenvalue weighted by Gasteiger charge is 2.23. The highest BCUT2D eigenvalue weighted by molar-refractivity contribution is 7.89. The summed E-state index contributed by atoms with van der Waals surface area (Å²) in [5.41, 5.74) is 2.62. The van der Waals surface area contributed by atoms with E-state index in [0.717, 1.165) is 11.1 Å². The summed E-state index contributed by atoms with van der Waals surface area (Å²) in [6.45, 7) is 9.90. The van der Waals surface area contributed by atoms with Gasteiger partial charge in [-0.25, -0.2) is 21.6 Å². The van der Waals surface area contributed by atoms with Crippen molar-refractivity contribution in [1.82, 2.24) is 9.03 Å². The molecule has 0 bridgehead atoms. The molecular formula is C20H28N2O4S2. The van der Waals surface area contributed by atoms with Crippen LogP contribution in [0.5, 0.6) is 0 Å². The van der Waals surface area contributed by atoms with Crippen LogP contribution >= 0.6 is 0 Å². The average Bonchev–Trinajstić information content (AvgIpc) is 2.64. The van der Waals surface area contributed by atoms with E-state index in [2.05, 4.69) is 4.72 Å². The number of hydrogen-bond donors (Lipinski definition) is 1. The van der Waals surface area contributed by atoms with Crippen molar-refractivity contribution in [3.05, 3.63) is 59.2 Å². The molecule has 28 heavy (non-hydrogen) atoms. The molecule has 2 rings (SSSR count). The van der Waals surface area contributed by atoms with Crippen LogP contribution in [-0.2, 0) is 20.0 Å². The van der Waals surface area contributed by atoms with Crippen LogP contribution in [0, 0.1) is 13.8 Å². The van der Waals surface area contributed by atoms with E-state index in [-0.39, 0.29) is 9.79 Å². The van der Waals surface area contributed by atoms with Gasteiger partial charge >= 0.3 is 0 Å². The molecule has 0 saturated carbocycles. The Labute approximate surface area is 168 Å². The Balaban J connectivity index is 2.23. The van der Waals surface area contributed by atoms with Gasteiger partial charge in [0.2, 0.25) is 20.0 Å². The van der Waals surface area contributed by atoms with Gasteiger partial charge in [-0.05, 0) is 61.7 Å². The van der Waals surface area contributed by atoms with Gasteiger partial charge in [-0.2, -0.15) is 4.31 Å². The van der Waals surface area contributed by atoms with Gasteiger partial charge in [0.25, 0.3) is 0 Å². The second-order valence-electron chi connectivity index (χ2n) is 6.75. The molecule has 1 atom stereocenters. The standard InChI is InChI=1S/C20H28N2O4S2/c1-6-22(7-2)28(25,26)19-12-9-18(10-13-19)17(5)21-27(23,24)20-11-8-15(3)16(4)14-20/h8-14,17,21H,6-7H2,1-5H3/t17-/m0/s1. The zero-order valence-electron chi connectivity index (χ0n) is 16.9. The molecule has 1 N–H and O–H groups in total. The van der Waals surface area contributed by atoms with Crippen molar-refractivity contribution in [3.63, 3.8) is 0 Å². The first-order valence-corrected chi connectivity index (χ1v) is 12.1. The third-order valence-electron chi connectivity index (χ3n) is 4.84. The number of rotatable bonds is 8. The van der Waals surface area contributed by atoms with Crippen LogP contribution in [0.3, 0.4) is 0 Å². The number of aryl methyl sites for hydroxylation is 2. The van der Waals surface area contributed by atoms with Crippen molar-refractivity contribution in [3.8, 4) is 0 Å². The first-order chi connectivity index (χ1) is 13.0. The Kier molecular flexibility index (Phi) is 7.03. The Morgan fingerprint density at radius 1 is 0.857 bits per heavy atom. The molecule has 0 saturated heterocycles. The van der Waals surface area contributed by atoms with Gasteiger partial charge < -0.3 is 0 Å². The number of benzene rings is 2. The molecule has 0 aliphatic rings. The molecule has 0 aromatic heterocycles. The van der Waals surface area contributed by atoms with Crippen molar-refractivity contribution in [1.29, 1.82) is 0 Å². The predicted octanol–water partition coefficient (Wildman–Crippen LogP) is 3.37. The van der Waals surface area contributed by atoms with Gasteiger partial charge in [0.05, 0.1) is 9.79 Å². The molecular weight excluding hydrogens is 396 g/mol. The predicted molar refractivity (Wildman–Crippen MR) is 111 cm³/mol. The zero-order chi connectivity index (χ0) is 21.1. The van der Waals surface area contributed by atoms with Crippen molar-refractivity contribution in [2.45, 2.75) is 50.5 Å². The van der Waals surface area contributed by atoms with Crippen LogP contribution in [0.15, 0.2) is 52.3 Å². The van der Waals surface area contributed by atoms with Crippen LogP contribution in [0.2, 0.25) is 0 Å². The first-order valence-electron chi connectivity index (χ1n) is 9.22. The maximum atomic E-state index is 12.7. The van der Waals surface area contributed by atoms with Gasteiger partial charge in [0.15, 0.2) is 0 Å². The Morgan fingerprint density at radius 3 is 1.89 bits per heavy atom. The lowest BCUT2D eigenvalue weighted by Gasteiger charge is -2.19. The molecule has 0 aliphatic heterocycles. The van der Waals surface area contributed by atoms with E-state index in [4.69, 9.17) is 0 Å². The summed E-state index contributed by atoms with van der Waals surface area (Å²) < 4.78 is 54.5. The van der Waals surface area contributed by atoms with Gasteiger partial charge in [-0.3, -0.25) is 0 Å². The molecule has 0 amide bonds. The minimum atomic E-state index is -3.68. The smallest absolute Gasteiger partial charge is 0.207 e. The molecule has 0 radical (unpaired) electrons. The van der Waals surface area contributed by atoms with E-state index in [0.29, 0.717) is 18.7 Å². The van der Waals surface area contributed by atoms with E-state index in [1.54, 1.807) is 51.1 Å². The van der Waals surface area contributed by atoms with E-state index in [1.165, 1.54) is 16.4 Å². The number of hydrogen-bond acceptors (Lipinski definition) is 4. The quantitative estimate of drug-likeness (QED) is 0.704. The van der Waals surface area contributed by atoms with Gasteiger partial charge in [0, 0.05) is 19.1 Å². The summed E-state index contributed by atoms with van der Waals surface area (Å²) in [6.07, 6.45) is 0. The number of nitrogens with one attached hydrogen (secondary N) is 1. The normalized spacial score (nSPS) is 13.6. The minimum Gasteiger partial charge on any atom is -0.207 e. The van der Waals surface area contributed by atoms with Crippen LogP contribution in [-0.4, -0.2) is 34.2 Å². The lowest BCUT2D eigenvalue weighted by molar-refractivity contribution is 0.445. The Bertz CT molecular complexity index is 1030. The minimum absolute atomic E-state index is 0.198. The largest absolute Gasteiger partial charge is 0.243 e. The van der Waals surface area contributed by atoms with Crippen molar-refractivity contribution in [2.75, 3.05) is 13.1 Å². The fraction of sp³-hybridized carbons (Fsp3) is 0.400. The van der Waals surface area contributed by atoms with Crippen molar-refractivity contribution < 1.29 is 16.8 Å². The second kappa shape index (κ2) is 8.73. The topological polar surface area (TPSA) is 83.6 Å². The van der Waals surface area contributed by atoms with Crippen molar-refractivity contribution in [2.24, 2.45) is 0 Å². The molecule has 0 fully saturated rings. The summed E-state index contributed by atoms with van der Waals surface area (Å²) in [4.78, 5) is 0.410. The summed E-state index contributed by atoms with van der Waals surface area (Å²) in [7, 11) is -7.22. The summed E-state index contributed by atoms with van der Waals surface area (Å²) in [5.74, 6) is 0. The molecule has 0 aliphatic carbocycles. The van der Waals surface area contributed by atoms with Gasteiger partial charge in [-0.15, -0.1) is 0 Å². The van der Waals surface area contributed by atoms with Crippen LogP contribution in [0.4, 0.5) is 0 Å². The molecule has 8 heteroatoms. The molecule has 0 heterocycles. The fourth-order valence-corrected chi connectivity index (χ4v) is 5.67. The lowest BCUT2D eigenvalue weighted by atomic mass is 10.1. The third-order valence-corrected chi connectivity index (χ3v) is 8.45. The first kappa shape index (κ1) is 22.5. The lowest BCUT2D eigenvalue weighted by Crippen LogP contribution is -2.30. The Morgan fingerprint density at radius 2 is 1.39 bits per heavy atom. The number of sulfonamides is 2. The summed E-state index contributed by atoms with van der Waals surface area (Å²) >= 11 is 0. The fourth-order valence-electron chi connectivity index (χ4n) is 2.89. The zero-order valence-corrected chi connectivity index (χ0v) is 18.6. The monoisotopic (exact) mass is 424 g/mol. The summed E-state index contributed by atoms with van der Waals surface area (Å²) in [6, 6.07) is 10.8.